The Morgan fingerprint density at radius 1 is 1.44 bits per heavy atom. The van der Waals surface area contributed by atoms with Crippen molar-refractivity contribution in [1.82, 2.24) is 14.3 Å². The number of thiazole rings is 1. The Hall–Kier alpha value is -0.910. The van der Waals surface area contributed by atoms with Gasteiger partial charge >= 0.3 is 0 Å². The summed E-state index contributed by atoms with van der Waals surface area (Å²) < 4.78 is 2.08. The summed E-state index contributed by atoms with van der Waals surface area (Å²) in [7, 11) is 0. The summed E-state index contributed by atoms with van der Waals surface area (Å²) in [6, 6.07) is 0.636. The van der Waals surface area contributed by atoms with Crippen molar-refractivity contribution >= 4 is 16.3 Å². The highest BCUT2D eigenvalue weighted by molar-refractivity contribution is 7.15. The smallest absolute Gasteiger partial charge is 0.193 e. The molecule has 0 spiro atoms. The van der Waals surface area contributed by atoms with Crippen LogP contribution in [-0.4, -0.2) is 38.6 Å². The molecule has 5 heteroatoms. The van der Waals surface area contributed by atoms with E-state index in [4.69, 9.17) is 0 Å². The standard InChI is InChI=1S/C13H19N3OS/c17-7-5-15(12-3-1-2-4-12)9-11-10-16-6-8-18-13(16)14-11/h6,8,10,12,17H,1-5,7,9H2. The summed E-state index contributed by atoms with van der Waals surface area (Å²) in [5.41, 5.74) is 1.11. The van der Waals surface area contributed by atoms with Crippen molar-refractivity contribution in [3.8, 4) is 0 Å². The Morgan fingerprint density at radius 3 is 3.00 bits per heavy atom. The molecule has 1 fully saturated rings. The van der Waals surface area contributed by atoms with E-state index >= 15 is 0 Å². The van der Waals surface area contributed by atoms with E-state index in [2.05, 4.69) is 25.9 Å². The van der Waals surface area contributed by atoms with Crippen LogP contribution in [-0.2, 0) is 6.54 Å². The van der Waals surface area contributed by atoms with Crippen molar-refractivity contribution < 1.29 is 5.11 Å². The molecule has 3 rings (SSSR count). The number of hydrogen-bond acceptors (Lipinski definition) is 4. The molecule has 0 amide bonds. The van der Waals surface area contributed by atoms with Gasteiger partial charge in [0.1, 0.15) is 0 Å². The molecule has 2 aromatic heterocycles. The number of imidazole rings is 1. The molecule has 1 aliphatic carbocycles. The zero-order valence-corrected chi connectivity index (χ0v) is 11.3. The molecule has 1 saturated carbocycles. The quantitative estimate of drug-likeness (QED) is 0.900. The van der Waals surface area contributed by atoms with Gasteiger partial charge in [0.2, 0.25) is 0 Å². The predicted molar refractivity (Wildman–Crippen MR) is 72.8 cm³/mol. The van der Waals surface area contributed by atoms with Gasteiger partial charge < -0.3 is 5.11 Å². The minimum Gasteiger partial charge on any atom is -0.395 e. The fourth-order valence-corrected chi connectivity index (χ4v) is 3.57. The molecule has 0 aromatic carbocycles. The van der Waals surface area contributed by atoms with Crippen molar-refractivity contribution in [2.45, 2.75) is 38.3 Å². The molecule has 1 aliphatic rings. The van der Waals surface area contributed by atoms with Crippen molar-refractivity contribution in [3.63, 3.8) is 0 Å². The molecule has 0 radical (unpaired) electrons. The maximum absolute atomic E-state index is 9.21. The van der Waals surface area contributed by atoms with Crippen LogP contribution in [0.25, 0.3) is 4.96 Å². The largest absolute Gasteiger partial charge is 0.395 e. The van der Waals surface area contributed by atoms with E-state index in [9.17, 15) is 5.11 Å². The SMILES string of the molecule is OCCN(Cc1cn2ccsc2n1)C1CCCC1. The minimum atomic E-state index is 0.235. The number of hydrogen-bond donors (Lipinski definition) is 1. The van der Waals surface area contributed by atoms with Gasteiger partial charge in [-0.3, -0.25) is 9.30 Å². The van der Waals surface area contributed by atoms with Gasteiger partial charge in [-0.05, 0) is 12.8 Å². The highest BCUT2D eigenvalue weighted by Crippen LogP contribution is 2.24. The maximum Gasteiger partial charge on any atom is 0.193 e. The third-order valence-corrected chi connectivity index (χ3v) is 4.51. The number of aliphatic hydroxyl groups is 1. The molecular weight excluding hydrogens is 246 g/mol. The van der Waals surface area contributed by atoms with E-state index in [0.29, 0.717) is 6.04 Å². The fourth-order valence-electron chi connectivity index (χ4n) is 2.85. The van der Waals surface area contributed by atoms with Crippen LogP contribution in [0.3, 0.4) is 0 Å². The summed E-state index contributed by atoms with van der Waals surface area (Å²) in [5.74, 6) is 0. The van der Waals surface area contributed by atoms with E-state index in [1.807, 2.05) is 6.20 Å². The van der Waals surface area contributed by atoms with Crippen molar-refractivity contribution in [3.05, 3.63) is 23.5 Å². The third kappa shape index (κ3) is 2.43. The first-order valence-electron chi connectivity index (χ1n) is 6.63. The number of rotatable bonds is 5. The third-order valence-electron chi connectivity index (χ3n) is 3.74. The van der Waals surface area contributed by atoms with Gasteiger partial charge in [-0.15, -0.1) is 11.3 Å². The first-order chi connectivity index (χ1) is 8.86. The zero-order chi connectivity index (χ0) is 12.4. The predicted octanol–water partition coefficient (Wildman–Crippen LogP) is 2.13. The Kier molecular flexibility index (Phi) is 3.63. The van der Waals surface area contributed by atoms with Crippen molar-refractivity contribution in [2.75, 3.05) is 13.2 Å². The lowest BCUT2D eigenvalue weighted by Crippen LogP contribution is -2.35. The van der Waals surface area contributed by atoms with Gasteiger partial charge in [0.15, 0.2) is 4.96 Å². The van der Waals surface area contributed by atoms with Crippen molar-refractivity contribution in [1.29, 1.82) is 0 Å². The molecule has 0 atom stereocenters. The number of aliphatic hydroxyl groups excluding tert-OH is 1. The lowest BCUT2D eigenvalue weighted by molar-refractivity contribution is 0.143. The molecule has 4 nitrogen and oxygen atoms in total. The molecule has 0 aliphatic heterocycles. The summed E-state index contributed by atoms with van der Waals surface area (Å²) >= 11 is 1.66. The molecule has 1 N–H and O–H groups in total. The van der Waals surface area contributed by atoms with E-state index in [1.54, 1.807) is 11.3 Å². The van der Waals surface area contributed by atoms with Gasteiger partial charge in [0.25, 0.3) is 0 Å². The van der Waals surface area contributed by atoms with E-state index in [-0.39, 0.29) is 6.61 Å². The molecule has 2 aromatic rings. The molecule has 0 saturated heterocycles. The number of aromatic nitrogens is 2. The van der Waals surface area contributed by atoms with E-state index in [0.717, 1.165) is 23.7 Å². The monoisotopic (exact) mass is 265 g/mol. The van der Waals surface area contributed by atoms with Crippen LogP contribution >= 0.6 is 11.3 Å². The summed E-state index contributed by atoms with van der Waals surface area (Å²) in [6.45, 7) is 1.86. The van der Waals surface area contributed by atoms with Crippen LogP contribution in [0.5, 0.6) is 0 Å². The molecule has 2 heterocycles. The average Bonchev–Trinajstić information content (AvgIpc) is 3.04. The first-order valence-corrected chi connectivity index (χ1v) is 7.51. The van der Waals surface area contributed by atoms with Gasteiger partial charge in [0, 0.05) is 36.9 Å². The lowest BCUT2D eigenvalue weighted by Gasteiger charge is -2.27. The molecule has 0 bridgehead atoms. The van der Waals surface area contributed by atoms with Crippen LogP contribution in [0.1, 0.15) is 31.4 Å². The van der Waals surface area contributed by atoms with Gasteiger partial charge in [0.05, 0.1) is 12.3 Å². The average molecular weight is 265 g/mol. The molecule has 0 unspecified atom stereocenters. The topological polar surface area (TPSA) is 40.8 Å². The second-order valence-electron chi connectivity index (χ2n) is 4.96. The highest BCUT2D eigenvalue weighted by atomic mass is 32.1. The Bertz CT molecular complexity index is 473. The second kappa shape index (κ2) is 5.38. The fraction of sp³-hybridized carbons (Fsp3) is 0.615. The number of nitrogens with zero attached hydrogens (tertiary/aromatic N) is 3. The van der Waals surface area contributed by atoms with Crippen LogP contribution in [0.15, 0.2) is 17.8 Å². The van der Waals surface area contributed by atoms with Gasteiger partial charge in [-0.25, -0.2) is 4.98 Å². The summed E-state index contributed by atoms with van der Waals surface area (Å²) in [4.78, 5) is 8.07. The Labute approximate surface area is 111 Å². The van der Waals surface area contributed by atoms with E-state index in [1.165, 1.54) is 25.7 Å². The van der Waals surface area contributed by atoms with Crippen LogP contribution in [0, 0.1) is 0 Å². The molecule has 98 valence electrons. The van der Waals surface area contributed by atoms with Gasteiger partial charge in [-0.2, -0.15) is 0 Å². The lowest BCUT2D eigenvalue weighted by atomic mass is 10.2. The van der Waals surface area contributed by atoms with Crippen LogP contribution in [0.2, 0.25) is 0 Å². The zero-order valence-electron chi connectivity index (χ0n) is 10.5. The van der Waals surface area contributed by atoms with E-state index < -0.39 is 0 Å². The van der Waals surface area contributed by atoms with Crippen LogP contribution in [0.4, 0.5) is 0 Å². The summed E-state index contributed by atoms with van der Waals surface area (Å²) in [6.07, 6.45) is 9.33. The minimum absolute atomic E-state index is 0.235. The van der Waals surface area contributed by atoms with Gasteiger partial charge in [-0.1, -0.05) is 12.8 Å². The summed E-state index contributed by atoms with van der Waals surface area (Å²) in [5, 5.41) is 11.3. The Morgan fingerprint density at radius 2 is 2.28 bits per heavy atom. The molecular formula is C13H19N3OS. The van der Waals surface area contributed by atoms with Crippen molar-refractivity contribution in [2.24, 2.45) is 0 Å². The number of fused-ring (bicyclic) bond motifs is 1. The normalized spacial score (nSPS) is 17.2. The first kappa shape index (κ1) is 12.1. The van der Waals surface area contributed by atoms with Crippen LogP contribution < -0.4 is 0 Å². The second-order valence-corrected chi connectivity index (χ2v) is 5.83. The molecule has 18 heavy (non-hydrogen) atoms. The highest BCUT2D eigenvalue weighted by Gasteiger charge is 2.22. The maximum atomic E-state index is 9.21. The Balaban J connectivity index is 1.72.